The van der Waals surface area contributed by atoms with Gasteiger partial charge in [-0.15, -0.1) is 0 Å². The van der Waals surface area contributed by atoms with Crippen LogP contribution >= 0.6 is 0 Å². The smallest absolute Gasteiger partial charge is 0.261 e. The topological polar surface area (TPSA) is 47.9 Å². The van der Waals surface area contributed by atoms with Crippen LogP contribution in [0, 0.1) is 11.8 Å². The zero-order chi connectivity index (χ0) is 22.1. The molecule has 2 heterocycles. The lowest BCUT2D eigenvalue weighted by Crippen LogP contribution is -2.67. The Bertz CT molecular complexity index is 811. The fourth-order valence-corrected chi connectivity index (χ4v) is 10.1. The van der Waals surface area contributed by atoms with Gasteiger partial charge in [-0.3, -0.25) is 0 Å². The molecule has 0 saturated carbocycles. The van der Waals surface area contributed by atoms with Gasteiger partial charge in [-0.05, 0) is 28.8 Å². The van der Waals surface area contributed by atoms with Crippen molar-refractivity contribution in [1.82, 2.24) is 0 Å². The molecule has 5 heteroatoms. The Morgan fingerprint density at radius 2 is 1.58 bits per heavy atom. The van der Waals surface area contributed by atoms with Crippen molar-refractivity contribution in [2.45, 2.75) is 50.9 Å². The van der Waals surface area contributed by atoms with Gasteiger partial charge in [-0.25, -0.2) is 0 Å². The number of benzene rings is 2. The van der Waals surface area contributed by atoms with Gasteiger partial charge in [0.2, 0.25) is 0 Å². The van der Waals surface area contributed by atoms with Crippen molar-refractivity contribution in [3.8, 4) is 0 Å². The summed E-state index contributed by atoms with van der Waals surface area (Å²) in [5.74, 6) is 0.322. The first-order valence-corrected chi connectivity index (χ1v) is 13.3. The lowest BCUT2D eigenvalue weighted by Gasteiger charge is -2.44. The summed E-state index contributed by atoms with van der Waals surface area (Å²) in [7, 11) is -2.59. The van der Waals surface area contributed by atoms with Gasteiger partial charge in [0.25, 0.3) is 8.32 Å². The Labute approximate surface area is 187 Å². The van der Waals surface area contributed by atoms with Gasteiger partial charge >= 0.3 is 0 Å². The van der Waals surface area contributed by atoms with E-state index in [-0.39, 0.29) is 16.9 Å². The van der Waals surface area contributed by atoms with E-state index in [1.165, 1.54) is 10.4 Å². The van der Waals surface area contributed by atoms with Gasteiger partial charge in [0.15, 0.2) is 0 Å². The van der Waals surface area contributed by atoms with Crippen molar-refractivity contribution in [1.29, 1.82) is 0 Å². The molecule has 0 radical (unpaired) electrons. The maximum absolute atomic E-state index is 10.6. The quantitative estimate of drug-likeness (QED) is 0.700. The Morgan fingerprint density at radius 3 is 2.06 bits per heavy atom. The zero-order valence-corrected chi connectivity index (χ0v) is 20.2. The SMILES string of the molecule is CC(C)(C)[Si](OCC1COCC1[C@]1(C)OCC[C@H]1O)(c1ccccc1)c1ccccc1. The van der Waals surface area contributed by atoms with Crippen LogP contribution in [0.2, 0.25) is 5.04 Å². The van der Waals surface area contributed by atoms with E-state index in [9.17, 15) is 5.11 Å². The summed E-state index contributed by atoms with van der Waals surface area (Å²) in [6.07, 6.45) is 0.240. The largest absolute Gasteiger partial charge is 0.407 e. The third-order valence-corrected chi connectivity index (χ3v) is 12.3. The van der Waals surface area contributed by atoms with Crippen LogP contribution in [-0.2, 0) is 13.9 Å². The Morgan fingerprint density at radius 1 is 1.00 bits per heavy atom. The second kappa shape index (κ2) is 8.79. The molecule has 0 aromatic heterocycles. The average Bonchev–Trinajstić information content (AvgIpc) is 3.36. The molecule has 168 valence electrons. The standard InChI is InChI=1S/C26H36O4Si/c1-25(2,3)31(21-11-7-5-8-12-21,22-13-9-6-10-14-22)30-18-20-17-28-19-23(20)26(4)24(27)15-16-29-26/h5-14,20,23-24,27H,15-19H2,1-4H3/t20?,23?,24-,26+/m1/s1. The molecule has 2 aromatic rings. The second-order valence-corrected chi connectivity index (χ2v) is 14.5. The molecule has 0 amide bonds. The predicted octanol–water partition coefficient (Wildman–Crippen LogP) is 3.37. The number of hydrogen-bond acceptors (Lipinski definition) is 4. The summed E-state index contributed by atoms with van der Waals surface area (Å²) in [6.45, 7) is 11.4. The molecule has 0 bridgehead atoms. The molecular formula is C26H36O4Si. The van der Waals surface area contributed by atoms with E-state index in [0.717, 1.165) is 0 Å². The Balaban J connectivity index is 1.69. The van der Waals surface area contributed by atoms with E-state index in [2.05, 4.69) is 81.4 Å². The van der Waals surface area contributed by atoms with Gasteiger partial charge in [-0.1, -0.05) is 81.4 Å². The molecule has 2 fully saturated rings. The van der Waals surface area contributed by atoms with Gasteiger partial charge in [0.05, 0.1) is 31.5 Å². The van der Waals surface area contributed by atoms with Crippen molar-refractivity contribution in [3.63, 3.8) is 0 Å². The van der Waals surface area contributed by atoms with E-state index in [0.29, 0.717) is 32.8 Å². The van der Waals surface area contributed by atoms with Crippen LogP contribution in [0.25, 0.3) is 0 Å². The fourth-order valence-electron chi connectivity index (χ4n) is 5.52. The molecule has 2 aliphatic rings. The van der Waals surface area contributed by atoms with E-state index < -0.39 is 20.0 Å². The monoisotopic (exact) mass is 440 g/mol. The van der Waals surface area contributed by atoms with Crippen LogP contribution in [0.15, 0.2) is 60.7 Å². The van der Waals surface area contributed by atoms with Gasteiger partial charge in [0.1, 0.15) is 0 Å². The first-order chi connectivity index (χ1) is 14.8. The van der Waals surface area contributed by atoms with Crippen LogP contribution < -0.4 is 10.4 Å². The van der Waals surface area contributed by atoms with Gasteiger partial charge in [-0.2, -0.15) is 0 Å². The summed E-state index contributed by atoms with van der Waals surface area (Å²) >= 11 is 0. The van der Waals surface area contributed by atoms with Gasteiger partial charge < -0.3 is 19.0 Å². The minimum absolute atomic E-state index is 0.0576. The Hall–Kier alpha value is -1.50. The van der Waals surface area contributed by atoms with Crippen LogP contribution in [0.4, 0.5) is 0 Å². The summed E-state index contributed by atoms with van der Waals surface area (Å²) in [5.41, 5.74) is -0.560. The first kappa shape index (κ1) is 22.7. The number of ether oxygens (including phenoxy) is 2. The molecule has 0 aliphatic carbocycles. The zero-order valence-electron chi connectivity index (χ0n) is 19.2. The van der Waals surface area contributed by atoms with Crippen molar-refractivity contribution in [2.75, 3.05) is 26.4 Å². The van der Waals surface area contributed by atoms with Crippen LogP contribution in [0.1, 0.15) is 34.1 Å². The highest BCUT2D eigenvalue weighted by Gasteiger charge is 2.54. The minimum Gasteiger partial charge on any atom is -0.407 e. The molecule has 2 saturated heterocycles. The highest BCUT2D eigenvalue weighted by atomic mass is 28.4. The molecule has 2 unspecified atom stereocenters. The summed E-state index contributed by atoms with van der Waals surface area (Å²) < 4.78 is 19.1. The number of aliphatic hydroxyl groups excluding tert-OH is 1. The lowest BCUT2D eigenvalue weighted by molar-refractivity contribution is -0.0976. The second-order valence-electron chi connectivity index (χ2n) is 10.2. The molecule has 2 aliphatic heterocycles. The van der Waals surface area contributed by atoms with E-state index in [4.69, 9.17) is 13.9 Å². The third-order valence-electron chi connectivity index (χ3n) is 7.33. The summed E-state index contributed by atoms with van der Waals surface area (Å²) in [6, 6.07) is 21.5. The fraction of sp³-hybridized carbons (Fsp3) is 0.538. The van der Waals surface area contributed by atoms with Crippen LogP contribution in [0.3, 0.4) is 0 Å². The van der Waals surface area contributed by atoms with E-state index in [1.54, 1.807) is 0 Å². The minimum atomic E-state index is -2.59. The molecule has 2 aromatic carbocycles. The molecule has 0 spiro atoms. The number of rotatable bonds is 6. The van der Waals surface area contributed by atoms with E-state index in [1.807, 2.05) is 6.92 Å². The van der Waals surface area contributed by atoms with Crippen molar-refractivity contribution >= 4 is 18.7 Å². The normalized spacial score (nSPS) is 29.4. The number of hydrogen-bond donors (Lipinski definition) is 1. The van der Waals surface area contributed by atoms with Gasteiger partial charge in [0, 0.05) is 18.4 Å². The highest BCUT2D eigenvalue weighted by molar-refractivity contribution is 6.99. The van der Waals surface area contributed by atoms with Crippen molar-refractivity contribution in [2.24, 2.45) is 11.8 Å². The lowest BCUT2D eigenvalue weighted by atomic mass is 9.78. The summed E-state index contributed by atoms with van der Waals surface area (Å²) in [4.78, 5) is 0. The first-order valence-electron chi connectivity index (χ1n) is 11.4. The maximum Gasteiger partial charge on any atom is 0.261 e. The van der Waals surface area contributed by atoms with Crippen molar-refractivity contribution in [3.05, 3.63) is 60.7 Å². The third kappa shape index (κ3) is 4.03. The highest BCUT2D eigenvalue weighted by Crippen LogP contribution is 2.42. The predicted molar refractivity (Wildman–Crippen MR) is 126 cm³/mol. The number of aliphatic hydroxyl groups is 1. The van der Waals surface area contributed by atoms with Crippen LogP contribution in [0.5, 0.6) is 0 Å². The molecule has 4 atom stereocenters. The van der Waals surface area contributed by atoms with E-state index >= 15 is 0 Å². The average molecular weight is 441 g/mol. The molecular weight excluding hydrogens is 404 g/mol. The molecule has 31 heavy (non-hydrogen) atoms. The Kier molecular flexibility index (Phi) is 6.43. The molecule has 4 rings (SSSR count). The maximum atomic E-state index is 10.6. The van der Waals surface area contributed by atoms with Crippen LogP contribution in [-0.4, -0.2) is 51.6 Å². The molecule has 4 nitrogen and oxygen atoms in total. The van der Waals surface area contributed by atoms with Crippen molar-refractivity contribution < 1.29 is 19.0 Å². The molecule has 1 N–H and O–H groups in total. The summed E-state index contributed by atoms with van der Waals surface area (Å²) in [5, 5.41) is 13.1.